The molecule has 0 radical (unpaired) electrons. The zero-order valence-electron chi connectivity index (χ0n) is 12.1. The minimum absolute atomic E-state index is 0.0619. The first-order valence-corrected chi connectivity index (χ1v) is 7.12. The Morgan fingerprint density at radius 1 is 0.864 bits per heavy atom. The number of nitrogen functional groups attached to an aromatic ring is 1. The van der Waals surface area contributed by atoms with Gasteiger partial charge in [0.15, 0.2) is 11.8 Å². The molecule has 0 aliphatic heterocycles. The van der Waals surface area contributed by atoms with Crippen LogP contribution in [0.15, 0.2) is 60.7 Å². The van der Waals surface area contributed by atoms with Crippen LogP contribution in [-0.2, 0) is 13.0 Å². The van der Waals surface area contributed by atoms with Gasteiger partial charge in [0.2, 0.25) is 0 Å². The first kappa shape index (κ1) is 14.1. The van der Waals surface area contributed by atoms with Crippen LogP contribution in [0.2, 0.25) is 0 Å². The maximum atomic E-state index is 10.4. The number of benzene rings is 2. The molecule has 0 spiro atoms. The molecule has 0 fully saturated rings. The van der Waals surface area contributed by atoms with Gasteiger partial charge in [-0.1, -0.05) is 42.5 Å². The van der Waals surface area contributed by atoms with E-state index in [-0.39, 0.29) is 11.8 Å². The Balaban J connectivity index is 1.85. The summed E-state index contributed by atoms with van der Waals surface area (Å²) in [5.41, 5.74) is 9.11. The van der Waals surface area contributed by atoms with Crippen molar-refractivity contribution in [2.45, 2.75) is 13.0 Å². The molecule has 3 rings (SSSR count). The van der Waals surface area contributed by atoms with Crippen LogP contribution in [0.5, 0.6) is 11.8 Å². The van der Waals surface area contributed by atoms with Crippen molar-refractivity contribution in [1.29, 1.82) is 0 Å². The Hall–Kier alpha value is -2.88. The summed E-state index contributed by atoms with van der Waals surface area (Å²) >= 11 is 0. The quantitative estimate of drug-likeness (QED) is 0.647. The Kier molecular flexibility index (Phi) is 3.74. The van der Waals surface area contributed by atoms with E-state index in [0.717, 1.165) is 11.1 Å². The molecule has 2 aromatic carbocycles. The topological polar surface area (TPSA) is 71.4 Å². The van der Waals surface area contributed by atoms with E-state index in [1.165, 1.54) is 4.57 Å². The zero-order valence-corrected chi connectivity index (χ0v) is 12.1. The first-order valence-electron chi connectivity index (χ1n) is 7.12. The Bertz CT molecular complexity index is 762. The Labute approximate surface area is 129 Å². The van der Waals surface area contributed by atoms with Crippen molar-refractivity contribution in [1.82, 2.24) is 4.57 Å². The number of aromatic nitrogens is 1. The van der Waals surface area contributed by atoms with Crippen molar-refractivity contribution in [2.24, 2.45) is 0 Å². The van der Waals surface area contributed by atoms with Crippen molar-refractivity contribution in [3.05, 3.63) is 77.4 Å². The highest BCUT2D eigenvalue weighted by atomic mass is 16.3. The second-order valence-corrected chi connectivity index (χ2v) is 5.34. The lowest BCUT2D eigenvalue weighted by molar-refractivity contribution is 0.375. The van der Waals surface area contributed by atoms with Gasteiger partial charge >= 0.3 is 0 Å². The van der Waals surface area contributed by atoms with Crippen LogP contribution >= 0.6 is 0 Å². The average Bonchev–Trinajstić information content (AvgIpc) is 2.78. The van der Waals surface area contributed by atoms with Crippen molar-refractivity contribution >= 4 is 5.69 Å². The summed E-state index contributed by atoms with van der Waals surface area (Å²) in [4.78, 5) is 0. The molecule has 112 valence electrons. The predicted octanol–water partition coefficient (Wildman–Crippen LogP) is 3.12. The number of nitrogens with zero attached hydrogens (tertiary/aromatic N) is 1. The number of rotatable bonds is 4. The molecule has 0 amide bonds. The number of aromatic hydroxyl groups is 2. The van der Waals surface area contributed by atoms with Crippen LogP contribution in [0.3, 0.4) is 0 Å². The van der Waals surface area contributed by atoms with Gasteiger partial charge in [-0.25, -0.2) is 0 Å². The van der Waals surface area contributed by atoms with E-state index in [1.807, 2.05) is 54.6 Å². The van der Waals surface area contributed by atoms with Gasteiger partial charge in [0.1, 0.15) is 0 Å². The SMILES string of the molecule is Nc1ccc(Cc2cc(O)n(Cc3ccccc3)c2O)cc1. The second-order valence-electron chi connectivity index (χ2n) is 5.34. The van der Waals surface area contributed by atoms with Gasteiger partial charge < -0.3 is 15.9 Å². The molecule has 0 atom stereocenters. The highest BCUT2D eigenvalue weighted by Crippen LogP contribution is 2.30. The van der Waals surface area contributed by atoms with Gasteiger partial charge in [0.05, 0.1) is 6.54 Å². The molecular weight excluding hydrogens is 276 g/mol. The van der Waals surface area contributed by atoms with Crippen LogP contribution in [0.1, 0.15) is 16.7 Å². The summed E-state index contributed by atoms with van der Waals surface area (Å²) in [5, 5.41) is 20.4. The van der Waals surface area contributed by atoms with E-state index in [0.29, 0.717) is 24.2 Å². The lowest BCUT2D eigenvalue weighted by atomic mass is 10.1. The molecule has 4 heteroatoms. The highest BCUT2D eigenvalue weighted by Gasteiger charge is 2.14. The van der Waals surface area contributed by atoms with Crippen LogP contribution in [0.4, 0.5) is 5.69 Å². The van der Waals surface area contributed by atoms with E-state index in [1.54, 1.807) is 6.07 Å². The van der Waals surface area contributed by atoms with Gasteiger partial charge in [-0.2, -0.15) is 0 Å². The fraction of sp³-hybridized carbons (Fsp3) is 0.111. The molecule has 0 aliphatic rings. The molecule has 4 nitrogen and oxygen atoms in total. The minimum atomic E-state index is 0.0619. The number of nitrogens with two attached hydrogens (primary N) is 1. The monoisotopic (exact) mass is 294 g/mol. The largest absolute Gasteiger partial charge is 0.494 e. The fourth-order valence-corrected chi connectivity index (χ4v) is 2.49. The summed E-state index contributed by atoms with van der Waals surface area (Å²) in [6.45, 7) is 0.431. The van der Waals surface area contributed by atoms with E-state index in [2.05, 4.69) is 0 Å². The molecule has 22 heavy (non-hydrogen) atoms. The molecule has 0 saturated heterocycles. The average molecular weight is 294 g/mol. The molecule has 0 saturated carbocycles. The van der Waals surface area contributed by atoms with Gasteiger partial charge in [-0.05, 0) is 23.3 Å². The maximum absolute atomic E-state index is 10.4. The van der Waals surface area contributed by atoms with Crippen LogP contribution in [0.25, 0.3) is 0 Å². The third-order valence-electron chi connectivity index (χ3n) is 3.68. The van der Waals surface area contributed by atoms with E-state index >= 15 is 0 Å². The van der Waals surface area contributed by atoms with Crippen LogP contribution < -0.4 is 5.73 Å². The van der Waals surface area contributed by atoms with E-state index < -0.39 is 0 Å². The van der Waals surface area contributed by atoms with E-state index in [4.69, 9.17) is 5.73 Å². The summed E-state index contributed by atoms with van der Waals surface area (Å²) in [5.74, 6) is 0.157. The normalized spacial score (nSPS) is 10.7. The van der Waals surface area contributed by atoms with Crippen molar-refractivity contribution in [3.63, 3.8) is 0 Å². The summed E-state index contributed by atoms with van der Waals surface area (Å²) < 4.78 is 1.50. The lowest BCUT2D eigenvalue weighted by Crippen LogP contribution is -1.98. The standard InChI is InChI=1S/C18H18N2O2/c19-16-8-6-13(7-9-16)10-15-11-17(21)20(18(15)22)12-14-4-2-1-3-5-14/h1-9,11,21-22H,10,12,19H2. The van der Waals surface area contributed by atoms with Crippen LogP contribution in [0, 0.1) is 0 Å². The van der Waals surface area contributed by atoms with Gasteiger partial charge in [-0.15, -0.1) is 0 Å². The van der Waals surface area contributed by atoms with Crippen molar-refractivity contribution in [2.75, 3.05) is 5.73 Å². The number of hydrogen-bond acceptors (Lipinski definition) is 3. The molecule has 0 unspecified atom stereocenters. The van der Waals surface area contributed by atoms with Gasteiger partial charge in [-0.3, -0.25) is 4.57 Å². The van der Waals surface area contributed by atoms with Crippen LogP contribution in [-0.4, -0.2) is 14.8 Å². The molecule has 0 bridgehead atoms. The third-order valence-corrected chi connectivity index (χ3v) is 3.68. The molecular formula is C18H18N2O2. The number of anilines is 1. The maximum Gasteiger partial charge on any atom is 0.197 e. The second kappa shape index (κ2) is 5.85. The predicted molar refractivity (Wildman–Crippen MR) is 87.0 cm³/mol. The third kappa shape index (κ3) is 2.91. The summed E-state index contributed by atoms with van der Waals surface area (Å²) in [6.07, 6.45) is 0.543. The molecule has 0 aliphatic carbocycles. The number of hydrogen-bond donors (Lipinski definition) is 3. The molecule has 3 aromatic rings. The smallest absolute Gasteiger partial charge is 0.197 e. The zero-order chi connectivity index (χ0) is 15.5. The summed E-state index contributed by atoms with van der Waals surface area (Å²) in [6, 6.07) is 18.8. The van der Waals surface area contributed by atoms with Crippen molar-refractivity contribution in [3.8, 4) is 11.8 Å². The first-order chi connectivity index (χ1) is 10.6. The Morgan fingerprint density at radius 3 is 2.23 bits per heavy atom. The lowest BCUT2D eigenvalue weighted by Gasteiger charge is -2.07. The molecule has 1 aromatic heterocycles. The summed E-state index contributed by atoms with van der Waals surface area (Å²) in [7, 11) is 0. The molecule has 4 N–H and O–H groups in total. The van der Waals surface area contributed by atoms with Gasteiger partial charge in [0, 0.05) is 23.7 Å². The van der Waals surface area contributed by atoms with E-state index in [9.17, 15) is 10.2 Å². The fourth-order valence-electron chi connectivity index (χ4n) is 2.49. The minimum Gasteiger partial charge on any atom is -0.494 e. The highest BCUT2D eigenvalue weighted by molar-refractivity contribution is 5.43. The molecule has 1 heterocycles. The van der Waals surface area contributed by atoms with Crippen molar-refractivity contribution < 1.29 is 10.2 Å². The Morgan fingerprint density at radius 2 is 1.55 bits per heavy atom. The van der Waals surface area contributed by atoms with Gasteiger partial charge in [0.25, 0.3) is 0 Å².